The molecular formula is C17H13FN4O. The van der Waals surface area contributed by atoms with Crippen molar-refractivity contribution in [3.63, 3.8) is 0 Å². The number of carbonyl (C=O) groups is 1. The van der Waals surface area contributed by atoms with Gasteiger partial charge in [0.2, 0.25) is 11.9 Å². The number of halogens is 1. The summed E-state index contributed by atoms with van der Waals surface area (Å²) in [6, 6.07) is 9.72. The highest BCUT2D eigenvalue weighted by molar-refractivity contribution is 5.88. The highest BCUT2D eigenvalue weighted by Crippen LogP contribution is 2.30. The van der Waals surface area contributed by atoms with E-state index in [4.69, 9.17) is 0 Å². The summed E-state index contributed by atoms with van der Waals surface area (Å²) in [4.78, 5) is 23.8. The molecule has 0 saturated carbocycles. The Morgan fingerprint density at radius 3 is 2.39 bits per heavy atom. The van der Waals surface area contributed by atoms with Gasteiger partial charge in [0.1, 0.15) is 5.82 Å². The molecule has 0 atom stereocenters. The van der Waals surface area contributed by atoms with Crippen LogP contribution in [0.15, 0.2) is 55.0 Å². The Kier molecular flexibility index (Phi) is 4.05. The van der Waals surface area contributed by atoms with Gasteiger partial charge in [-0.15, -0.1) is 0 Å². The summed E-state index contributed by atoms with van der Waals surface area (Å²) in [5.41, 5.74) is 2.99. The van der Waals surface area contributed by atoms with Crippen molar-refractivity contribution in [1.29, 1.82) is 0 Å². The number of benzene rings is 1. The van der Waals surface area contributed by atoms with Gasteiger partial charge in [0.05, 0.1) is 5.69 Å². The summed E-state index contributed by atoms with van der Waals surface area (Å²) in [5, 5.41) is 2.57. The molecule has 0 unspecified atom stereocenters. The maximum absolute atomic E-state index is 13.1. The fourth-order valence-corrected chi connectivity index (χ4v) is 2.17. The van der Waals surface area contributed by atoms with Crippen molar-refractivity contribution in [2.75, 3.05) is 5.32 Å². The summed E-state index contributed by atoms with van der Waals surface area (Å²) in [7, 11) is 0. The number of hydrogen-bond acceptors (Lipinski definition) is 4. The third-order valence-corrected chi connectivity index (χ3v) is 3.19. The molecule has 0 aliphatic rings. The summed E-state index contributed by atoms with van der Waals surface area (Å²) < 4.78 is 13.1. The van der Waals surface area contributed by atoms with Gasteiger partial charge in [-0.1, -0.05) is 12.1 Å². The number of rotatable bonds is 3. The van der Waals surface area contributed by atoms with E-state index in [9.17, 15) is 9.18 Å². The fraction of sp³-hybridized carbons (Fsp3) is 0.0588. The quantitative estimate of drug-likeness (QED) is 0.806. The number of hydrogen-bond donors (Lipinski definition) is 1. The third kappa shape index (κ3) is 3.37. The molecule has 23 heavy (non-hydrogen) atoms. The lowest BCUT2D eigenvalue weighted by Crippen LogP contribution is -2.10. The predicted octanol–water partition coefficient (Wildman–Crippen LogP) is 3.30. The minimum atomic E-state index is -0.310. The highest BCUT2D eigenvalue weighted by Gasteiger charge is 2.12. The van der Waals surface area contributed by atoms with Crippen LogP contribution < -0.4 is 5.32 Å². The second-order valence-electron chi connectivity index (χ2n) is 4.88. The van der Waals surface area contributed by atoms with Crippen LogP contribution in [-0.4, -0.2) is 20.9 Å². The first-order valence-electron chi connectivity index (χ1n) is 6.94. The van der Waals surface area contributed by atoms with E-state index in [0.29, 0.717) is 5.69 Å². The highest BCUT2D eigenvalue weighted by atomic mass is 19.1. The molecule has 0 aliphatic heterocycles. The lowest BCUT2D eigenvalue weighted by molar-refractivity contribution is -0.114. The molecule has 0 spiro atoms. The van der Waals surface area contributed by atoms with E-state index >= 15 is 0 Å². The number of nitrogens with one attached hydrogen (secondary N) is 1. The zero-order valence-electron chi connectivity index (χ0n) is 12.3. The van der Waals surface area contributed by atoms with E-state index in [1.165, 1.54) is 19.1 Å². The molecule has 1 N–H and O–H groups in total. The van der Waals surface area contributed by atoms with E-state index in [-0.39, 0.29) is 17.7 Å². The van der Waals surface area contributed by atoms with Crippen molar-refractivity contribution < 1.29 is 9.18 Å². The van der Waals surface area contributed by atoms with Gasteiger partial charge in [-0.3, -0.25) is 15.1 Å². The first-order chi connectivity index (χ1) is 11.1. The van der Waals surface area contributed by atoms with Crippen molar-refractivity contribution in [3.05, 3.63) is 60.8 Å². The molecule has 0 fully saturated rings. The SMILES string of the molecule is CC(=O)Nc1ncc(-c2ccc(F)cc2)c(-c2ccncc2)n1. The fourth-order valence-electron chi connectivity index (χ4n) is 2.17. The average Bonchev–Trinajstić information content (AvgIpc) is 2.56. The van der Waals surface area contributed by atoms with E-state index in [1.807, 2.05) is 12.1 Å². The molecule has 0 bridgehead atoms. The van der Waals surface area contributed by atoms with Crippen molar-refractivity contribution in [1.82, 2.24) is 15.0 Å². The lowest BCUT2D eigenvalue weighted by atomic mass is 10.0. The van der Waals surface area contributed by atoms with Crippen LogP contribution in [0.2, 0.25) is 0 Å². The maximum atomic E-state index is 13.1. The number of amides is 1. The van der Waals surface area contributed by atoms with Crippen LogP contribution in [0.4, 0.5) is 10.3 Å². The molecule has 6 heteroatoms. The van der Waals surface area contributed by atoms with Gasteiger partial charge in [0.15, 0.2) is 0 Å². The van der Waals surface area contributed by atoms with E-state index < -0.39 is 0 Å². The molecule has 2 aromatic heterocycles. The number of nitrogens with zero attached hydrogens (tertiary/aromatic N) is 3. The van der Waals surface area contributed by atoms with Crippen molar-refractivity contribution >= 4 is 11.9 Å². The Balaban J connectivity index is 2.15. The second kappa shape index (κ2) is 6.31. The first-order valence-corrected chi connectivity index (χ1v) is 6.94. The van der Waals surface area contributed by atoms with Gasteiger partial charge in [-0.25, -0.2) is 14.4 Å². The van der Waals surface area contributed by atoms with Gasteiger partial charge in [-0.05, 0) is 29.8 Å². The molecular weight excluding hydrogens is 295 g/mol. The first kappa shape index (κ1) is 14.8. The molecule has 114 valence electrons. The molecule has 0 aliphatic carbocycles. The van der Waals surface area contributed by atoms with Crippen molar-refractivity contribution in [2.45, 2.75) is 6.92 Å². The second-order valence-corrected chi connectivity index (χ2v) is 4.88. The van der Waals surface area contributed by atoms with Gasteiger partial charge in [0.25, 0.3) is 0 Å². The number of pyridine rings is 1. The molecule has 2 heterocycles. The van der Waals surface area contributed by atoms with E-state index in [0.717, 1.165) is 16.7 Å². The van der Waals surface area contributed by atoms with Gasteiger partial charge < -0.3 is 0 Å². The van der Waals surface area contributed by atoms with Gasteiger partial charge >= 0.3 is 0 Å². The standard InChI is InChI=1S/C17H13FN4O/c1-11(23)21-17-20-10-15(12-2-4-14(18)5-3-12)16(22-17)13-6-8-19-9-7-13/h2-10H,1H3,(H,20,21,22,23). The normalized spacial score (nSPS) is 10.3. The van der Waals surface area contributed by atoms with Crippen molar-refractivity contribution in [2.24, 2.45) is 0 Å². The van der Waals surface area contributed by atoms with Crippen LogP contribution in [0, 0.1) is 5.82 Å². The molecule has 1 amide bonds. The van der Waals surface area contributed by atoms with Crippen LogP contribution in [0.25, 0.3) is 22.4 Å². The van der Waals surface area contributed by atoms with Crippen LogP contribution >= 0.6 is 0 Å². The van der Waals surface area contributed by atoms with Gasteiger partial charge in [0, 0.05) is 36.6 Å². The molecule has 3 rings (SSSR count). The summed E-state index contributed by atoms with van der Waals surface area (Å²) in [6.45, 7) is 1.39. The Bertz CT molecular complexity index is 835. The average molecular weight is 308 g/mol. The zero-order valence-corrected chi connectivity index (χ0v) is 12.3. The summed E-state index contributed by atoms with van der Waals surface area (Å²) >= 11 is 0. The Morgan fingerprint density at radius 1 is 1.04 bits per heavy atom. The summed E-state index contributed by atoms with van der Waals surface area (Å²) in [6.07, 6.45) is 4.93. The van der Waals surface area contributed by atoms with Crippen LogP contribution in [0.3, 0.4) is 0 Å². The Labute approximate surface area is 132 Å². The Hall–Kier alpha value is -3.15. The minimum Gasteiger partial charge on any atom is -0.295 e. The minimum absolute atomic E-state index is 0.218. The van der Waals surface area contributed by atoms with E-state index in [2.05, 4.69) is 20.3 Å². The van der Waals surface area contributed by atoms with Crippen molar-refractivity contribution in [3.8, 4) is 22.4 Å². The number of anilines is 1. The number of aromatic nitrogens is 3. The third-order valence-electron chi connectivity index (χ3n) is 3.19. The summed E-state index contributed by atoms with van der Waals surface area (Å²) in [5.74, 6) is -0.342. The molecule has 0 saturated heterocycles. The molecule has 0 radical (unpaired) electrons. The molecule has 5 nitrogen and oxygen atoms in total. The van der Waals surface area contributed by atoms with Crippen LogP contribution in [-0.2, 0) is 4.79 Å². The van der Waals surface area contributed by atoms with Gasteiger partial charge in [-0.2, -0.15) is 0 Å². The monoisotopic (exact) mass is 308 g/mol. The van der Waals surface area contributed by atoms with Crippen LogP contribution in [0.1, 0.15) is 6.92 Å². The molecule has 1 aromatic carbocycles. The Morgan fingerprint density at radius 2 is 1.74 bits per heavy atom. The molecule has 3 aromatic rings. The van der Waals surface area contributed by atoms with E-state index in [1.54, 1.807) is 30.7 Å². The lowest BCUT2D eigenvalue weighted by Gasteiger charge is -2.11. The topological polar surface area (TPSA) is 67.8 Å². The largest absolute Gasteiger partial charge is 0.295 e. The predicted molar refractivity (Wildman–Crippen MR) is 85.0 cm³/mol. The zero-order chi connectivity index (χ0) is 16.2. The van der Waals surface area contributed by atoms with Crippen LogP contribution in [0.5, 0.6) is 0 Å². The maximum Gasteiger partial charge on any atom is 0.229 e. The smallest absolute Gasteiger partial charge is 0.229 e. The number of carbonyl (C=O) groups excluding carboxylic acids is 1.